The number of nitrogens with zero attached hydrogens (tertiary/aromatic N) is 1. The molecule has 0 heterocycles. The summed E-state index contributed by atoms with van der Waals surface area (Å²) in [4.78, 5) is 0. The molecule has 5 nitrogen and oxygen atoms in total. The first-order chi connectivity index (χ1) is 8.36. The van der Waals surface area contributed by atoms with Gasteiger partial charge in [0.05, 0.1) is 5.69 Å². The highest BCUT2D eigenvalue weighted by molar-refractivity contribution is 9.10. The summed E-state index contributed by atoms with van der Waals surface area (Å²) >= 11 is 3.32. The van der Waals surface area contributed by atoms with Crippen molar-refractivity contribution in [3.05, 3.63) is 28.2 Å². The van der Waals surface area contributed by atoms with Crippen molar-refractivity contribution in [2.24, 2.45) is 5.73 Å². The van der Waals surface area contributed by atoms with E-state index in [9.17, 15) is 8.42 Å². The minimum atomic E-state index is -3.53. The summed E-state index contributed by atoms with van der Waals surface area (Å²) in [6.07, 6.45) is 0.631. The highest BCUT2D eigenvalue weighted by atomic mass is 79.9. The van der Waals surface area contributed by atoms with E-state index in [4.69, 9.17) is 5.73 Å². The van der Waals surface area contributed by atoms with Crippen LogP contribution in [0.25, 0.3) is 0 Å². The molecule has 0 amide bonds. The van der Waals surface area contributed by atoms with Crippen LogP contribution >= 0.6 is 15.9 Å². The Kier molecular flexibility index (Phi) is 5.58. The molecule has 102 valence electrons. The predicted octanol–water partition coefficient (Wildman–Crippen LogP) is 1.69. The van der Waals surface area contributed by atoms with Gasteiger partial charge in [0, 0.05) is 18.1 Å². The Bertz CT molecular complexity index is 505. The lowest BCUT2D eigenvalue weighted by Crippen LogP contribution is -2.34. The zero-order chi connectivity index (χ0) is 13.8. The summed E-state index contributed by atoms with van der Waals surface area (Å²) in [5.74, 6) is 0. The highest BCUT2D eigenvalue weighted by Gasteiger charge is 2.18. The van der Waals surface area contributed by atoms with Crippen molar-refractivity contribution in [1.29, 1.82) is 0 Å². The lowest BCUT2D eigenvalue weighted by Gasteiger charge is -2.18. The number of nitrogens with two attached hydrogens (primary N) is 1. The predicted molar refractivity (Wildman–Crippen MR) is 77.7 cm³/mol. The second-order valence-electron chi connectivity index (χ2n) is 4.05. The van der Waals surface area contributed by atoms with E-state index < -0.39 is 10.2 Å². The first kappa shape index (κ1) is 15.4. The first-order valence-electron chi connectivity index (χ1n) is 5.57. The number of nitrogens with one attached hydrogen (secondary N) is 1. The fourth-order valence-corrected chi connectivity index (χ4v) is 2.82. The zero-order valence-electron chi connectivity index (χ0n) is 10.5. The lowest BCUT2D eigenvalue weighted by atomic mass is 10.2. The van der Waals surface area contributed by atoms with Gasteiger partial charge in [0.1, 0.15) is 0 Å². The highest BCUT2D eigenvalue weighted by Crippen LogP contribution is 2.24. The lowest BCUT2D eigenvalue weighted by molar-refractivity contribution is 0.468. The third kappa shape index (κ3) is 4.24. The number of halogens is 1. The Labute approximate surface area is 117 Å². The number of aryl methyl sites for hydroxylation is 1. The van der Waals surface area contributed by atoms with E-state index in [1.54, 1.807) is 6.07 Å². The second-order valence-corrected chi connectivity index (χ2v) is 6.69. The van der Waals surface area contributed by atoms with E-state index in [2.05, 4.69) is 20.7 Å². The van der Waals surface area contributed by atoms with Gasteiger partial charge in [-0.15, -0.1) is 0 Å². The Morgan fingerprint density at radius 3 is 2.72 bits per heavy atom. The molecule has 1 aromatic rings. The van der Waals surface area contributed by atoms with Crippen molar-refractivity contribution in [3.8, 4) is 0 Å². The normalized spacial score (nSPS) is 11.8. The largest absolute Gasteiger partial charge is 0.330 e. The van der Waals surface area contributed by atoms with Crippen molar-refractivity contribution < 1.29 is 8.42 Å². The minimum absolute atomic E-state index is 0.398. The van der Waals surface area contributed by atoms with Gasteiger partial charge >= 0.3 is 10.2 Å². The van der Waals surface area contributed by atoms with Crippen molar-refractivity contribution in [1.82, 2.24) is 4.31 Å². The number of anilines is 1. The van der Waals surface area contributed by atoms with Gasteiger partial charge in [-0.2, -0.15) is 12.7 Å². The van der Waals surface area contributed by atoms with Gasteiger partial charge in [0.25, 0.3) is 0 Å². The molecule has 0 aliphatic carbocycles. The van der Waals surface area contributed by atoms with E-state index in [0.717, 1.165) is 5.56 Å². The van der Waals surface area contributed by atoms with Crippen molar-refractivity contribution in [2.75, 3.05) is 24.9 Å². The molecule has 1 rings (SSSR count). The van der Waals surface area contributed by atoms with E-state index in [1.165, 1.54) is 11.4 Å². The summed E-state index contributed by atoms with van der Waals surface area (Å²) in [6.45, 7) is 2.77. The van der Waals surface area contributed by atoms with Crippen LogP contribution in [0, 0.1) is 6.92 Å². The Morgan fingerprint density at radius 2 is 2.11 bits per heavy atom. The third-order valence-electron chi connectivity index (χ3n) is 2.45. The van der Waals surface area contributed by atoms with Crippen LogP contribution in [0.2, 0.25) is 0 Å². The van der Waals surface area contributed by atoms with Crippen LogP contribution < -0.4 is 10.5 Å². The Balaban J connectivity index is 2.85. The molecular formula is C11H18BrN3O2S. The van der Waals surface area contributed by atoms with Gasteiger partial charge in [0.2, 0.25) is 0 Å². The topological polar surface area (TPSA) is 75.4 Å². The number of rotatable bonds is 6. The number of hydrogen-bond acceptors (Lipinski definition) is 3. The van der Waals surface area contributed by atoms with Crippen LogP contribution in [0.4, 0.5) is 5.69 Å². The molecule has 0 spiro atoms. The van der Waals surface area contributed by atoms with Crippen molar-refractivity contribution in [3.63, 3.8) is 0 Å². The second kappa shape index (κ2) is 6.51. The van der Waals surface area contributed by atoms with Crippen LogP contribution in [-0.2, 0) is 10.2 Å². The molecule has 0 unspecified atom stereocenters. The maximum Gasteiger partial charge on any atom is 0.301 e. The summed E-state index contributed by atoms with van der Waals surface area (Å²) in [5.41, 5.74) is 6.89. The molecule has 18 heavy (non-hydrogen) atoms. The average molecular weight is 336 g/mol. The fraction of sp³-hybridized carbons (Fsp3) is 0.455. The van der Waals surface area contributed by atoms with Crippen LogP contribution in [0.5, 0.6) is 0 Å². The smallest absolute Gasteiger partial charge is 0.301 e. The Hall–Kier alpha value is -0.630. The molecule has 0 aromatic heterocycles. The Morgan fingerprint density at radius 1 is 1.44 bits per heavy atom. The summed E-state index contributed by atoms with van der Waals surface area (Å²) in [5, 5.41) is 0. The van der Waals surface area contributed by atoms with E-state index >= 15 is 0 Å². The number of hydrogen-bond donors (Lipinski definition) is 2. The molecule has 1 aromatic carbocycles. The molecule has 3 N–H and O–H groups in total. The first-order valence-corrected chi connectivity index (χ1v) is 7.80. The minimum Gasteiger partial charge on any atom is -0.330 e. The summed E-state index contributed by atoms with van der Waals surface area (Å²) < 4.78 is 28.6. The van der Waals surface area contributed by atoms with Gasteiger partial charge < -0.3 is 5.73 Å². The molecule has 7 heteroatoms. The molecule has 0 aliphatic heterocycles. The van der Waals surface area contributed by atoms with Crippen molar-refractivity contribution in [2.45, 2.75) is 13.3 Å². The summed E-state index contributed by atoms with van der Waals surface area (Å²) in [7, 11) is -2.00. The van der Waals surface area contributed by atoms with Crippen molar-refractivity contribution >= 4 is 31.8 Å². The summed E-state index contributed by atoms with van der Waals surface area (Å²) in [6, 6.07) is 5.49. The maximum atomic E-state index is 12.0. The SMILES string of the molecule is Cc1ccc(Br)c(NS(=O)(=O)N(C)CCCN)c1. The van der Waals surface area contributed by atoms with E-state index in [-0.39, 0.29) is 0 Å². The van der Waals surface area contributed by atoms with Crippen LogP contribution in [0.1, 0.15) is 12.0 Å². The monoisotopic (exact) mass is 335 g/mol. The fourth-order valence-electron chi connectivity index (χ4n) is 1.37. The quantitative estimate of drug-likeness (QED) is 0.830. The molecule has 0 saturated heterocycles. The van der Waals surface area contributed by atoms with Gasteiger partial charge in [0.15, 0.2) is 0 Å². The van der Waals surface area contributed by atoms with Crippen LogP contribution in [0.15, 0.2) is 22.7 Å². The van der Waals surface area contributed by atoms with E-state index in [0.29, 0.717) is 29.7 Å². The molecule has 0 bridgehead atoms. The molecule has 0 radical (unpaired) electrons. The molecule has 0 saturated carbocycles. The molecule has 0 aliphatic rings. The number of benzene rings is 1. The standard InChI is InChI=1S/C11H18BrN3O2S/c1-9-4-5-10(12)11(8-9)14-18(16,17)15(2)7-3-6-13/h4-5,8,14H,3,6-7,13H2,1-2H3. The van der Waals surface area contributed by atoms with Gasteiger partial charge in [-0.25, -0.2) is 0 Å². The van der Waals surface area contributed by atoms with Gasteiger partial charge in [-0.1, -0.05) is 6.07 Å². The maximum absolute atomic E-state index is 12.0. The zero-order valence-corrected chi connectivity index (χ0v) is 12.9. The molecule has 0 atom stereocenters. The van der Waals surface area contributed by atoms with Crippen LogP contribution in [0.3, 0.4) is 0 Å². The third-order valence-corrected chi connectivity index (χ3v) is 4.62. The van der Waals surface area contributed by atoms with Crippen LogP contribution in [-0.4, -0.2) is 32.9 Å². The average Bonchev–Trinajstić information content (AvgIpc) is 2.30. The molecule has 0 fully saturated rings. The van der Waals surface area contributed by atoms with Gasteiger partial charge in [-0.3, -0.25) is 4.72 Å². The van der Waals surface area contributed by atoms with Gasteiger partial charge in [-0.05, 0) is 53.5 Å². The van der Waals surface area contributed by atoms with E-state index in [1.807, 2.05) is 19.1 Å². The molecular weight excluding hydrogens is 318 g/mol.